The van der Waals surface area contributed by atoms with Crippen molar-refractivity contribution in [2.45, 2.75) is 11.4 Å². The lowest BCUT2D eigenvalue weighted by molar-refractivity contribution is 0.402. The van der Waals surface area contributed by atoms with Gasteiger partial charge in [0.05, 0.1) is 20.8 Å². The minimum Gasteiger partial charge on any atom is -0.496 e. The Morgan fingerprint density at radius 2 is 1.97 bits per heavy atom. The Balaban J connectivity index is 1.74. The van der Waals surface area contributed by atoms with E-state index in [0.29, 0.717) is 27.7 Å². The number of hydrogen-bond donors (Lipinski definition) is 1. The van der Waals surface area contributed by atoms with Gasteiger partial charge in [-0.15, -0.1) is 0 Å². The fourth-order valence-electron chi connectivity index (χ4n) is 3.04. The highest BCUT2D eigenvalue weighted by molar-refractivity contribution is 9.10. The molecule has 156 valence electrons. The van der Waals surface area contributed by atoms with Crippen LogP contribution in [0.2, 0.25) is 0 Å². The number of halogens is 1. The van der Waals surface area contributed by atoms with E-state index in [-0.39, 0.29) is 16.5 Å². The molecule has 0 saturated carbocycles. The van der Waals surface area contributed by atoms with E-state index in [1.165, 1.54) is 20.3 Å². The molecule has 2 aromatic heterocycles. The lowest BCUT2D eigenvalue weighted by Crippen LogP contribution is -2.14. The Hall–Kier alpha value is -3.05. The maximum atomic E-state index is 13.0. The summed E-state index contributed by atoms with van der Waals surface area (Å²) < 4.78 is 46.9. The van der Waals surface area contributed by atoms with Gasteiger partial charge in [-0.3, -0.25) is 9.40 Å². The quantitative estimate of drug-likeness (QED) is 0.419. The predicted octanol–water partition coefficient (Wildman–Crippen LogP) is 3.65. The highest BCUT2D eigenvalue weighted by atomic mass is 79.9. The SMILES string of the molecule is COc1ccc(Br)cc1S(=O)(=O)Nc1noc2cc(Cn3cccn3)cc(OC)c12. The molecule has 4 aromatic rings. The van der Waals surface area contributed by atoms with Gasteiger partial charge >= 0.3 is 0 Å². The molecule has 0 aliphatic carbocycles. The zero-order valence-electron chi connectivity index (χ0n) is 16.0. The summed E-state index contributed by atoms with van der Waals surface area (Å²) in [6.07, 6.45) is 3.52. The van der Waals surface area contributed by atoms with Crippen LogP contribution in [0.3, 0.4) is 0 Å². The second kappa shape index (κ2) is 8.00. The summed E-state index contributed by atoms with van der Waals surface area (Å²) in [5, 5.41) is 8.51. The van der Waals surface area contributed by atoms with E-state index in [0.717, 1.165) is 5.56 Å². The Labute approximate surface area is 180 Å². The van der Waals surface area contributed by atoms with Gasteiger partial charge in [0.15, 0.2) is 11.4 Å². The minimum absolute atomic E-state index is 0.0227. The molecule has 0 radical (unpaired) electrons. The van der Waals surface area contributed by atoms with Crippen LogP contribution in [0.5, 0.6) is 11.5 Å². The number of benzene rings is 2. The Morgan fingerprint density at radius 3 is 2.67 bits per heavy atom. The van der Waals surface area contributed by atoms with Crippen LogP contribution in [0, 0.1) is 0 Å². The topological polar surface area (TPSA) is 108 Å². The van der Waals surface area contributed by atoms with Crippen molar-refractivity contribution in [2.24, 2.45) is 0 Å². The molecular formula is C19H17BrN4O5S. The van der Waals surface area contributed by atoms with Gasteiger partial charge < -0.3 is 14.0 Å². The summed E-state index contributed by atoms with van der Waals surface area (Å²) in [7, 11) is -1.12. The molecule has 0 bridgehead atoms. The normalized spacial score (nSPS) is 11.6. The van der Waals surface area contributed by atoms with Gasteiger partial charge in [-0.25, -0.2) is 8.42 Å². The summed E-state index contributed by atoms with van der Waals surface area (Å²) in [6.45, 7) is 0.496. The highest BCUT2D eigenvalue weighted by Crippen LogP contribution is 2.36. The molecule has 1 N–H and O–H groups in total. The van der Waals surface area contributed by atoms with Crippen molar-refractivity contribution in [3.05, 3.63) is 58.8 Å². The highest BCUT2D eigenvalue weighted by Gasteiger charge is 2.24. The number of nitrogens with zero attached hydrogens (tertiary/aromatic N) is 3. The number of rotatable bonds is 7. The lowest BCUT2D eigenvalue weighted by atomic mass is 10.1. The number of aromatic nitrogens is 3. The van der Waals surface area contributed by atoms with Crippen LogP contribution in [0.4, 0.5) is 5.82 Å². The van der Waals surface area contributed by atoms with Gasteiger partial charge in [-0.05, 0) is 42.0 Å². The van der Waals surface area contributed by atoms with Gasteiger partial charge in [-0.2, -0.15) is 5.10 Å². The zero-order valence-corrected chi connectivity index (χ0v) is 18.4. The van der Waals surface area contributed by atoms with E-state index in [9.17, 15) is 8.42 Å². The third-order valence-electron chi connectivity index (χ3n) is 4.37. The number of fused-ring (bicyclic) bond motifs is 1. The second-order valence-electron chi connectivity index (χ2n) is 6.31. The first-order chi connectivity index (χ1) is 14.4. The second-order valence-corrected chi connectivity index (χ2v) is 8.87. The van der Waals surface area contributed by atoms with Gasteiger partial charge in [0.1, 0.15) is 21.8 Å². The molecule has 2 aromatic carbocycles. The molecule has 9 nitrogen and oxygen atoms in total. The number of hydrogen-bond acceptors (Lipinski definition) is 7. The van der Waals surface area contributed by atoms with Crippen molar-refractivity contribution in [2.75, 3.05) is 18.9 Å². The fourth-order valence-corrected chi connectivity index (χ4v) is 4.75. The molecule has 0 atom stereocenters. The van der Waals surface area contributed by atoms with E-state index in [1.54, 1.807) is 35.1 Å². The van der Waals surface area contributed by atoms with E-state index < -0.39 is 10.0 Å². The first-order valence-corrected chi connectivity index (χ1v) is 11.0. The number of methoxy groups -OCH3 is 2. The summed E-state index contributed by atoms with van der Waals surface area (Å²) in [5.74, 6) is 0.649. The molecule has 0 aliphatic rings. The zero-order chi connectivity index (χ0) is 21.3. The third-order valence-corrected chi connectivity index (χ3v) is 6.22. The average molecular weight is 493 g/mol. The van der Waals surface area contributed by atoms with Gasteiger partial charge in [0.25, 0.3) is 10.0 Å². The Morgan fingerprint density at radius 1 is 1.17 bits per heavy atom. The third kappa shape index (κ3) is 3.85. The van der Waals surface area contributed by atoms with Crippen LogP contribution in [-0.4, -0.2) is 37.6 Å². The minimum atomic E-state index is -4.01. The number of ether oxygens (including phenoxy) is 2. The standard InChI is InChI=1S/C19H17BrN4O5S/c1-27-14-5-4-13(20)10-17(14)30(25,26)23-19-18-15(28-2)8-12(9-16(18)29-22-19)11-24-7-3-6-21-24/h3-10H,11H2,1-2H3,(H,22,23). The summed E-state index contributed by atoms with van der Waals surface area (Å²) in [4.78, 5) is -0.0372. The molecular weight excluding hydrogens is 476 g/mol. The molecule has 4 rings (SSSR count). The maximum Gasteiger partial charge on any atom is 0.266 e. The number of nitrogens with one attached hydrogen (secondary N) is 1. The van der Waals surface area contributed by atoms with Crippen LogP contribution in [0.1, 0.15) is 5.56 Å². The molecule has 0 saturated heterocycles. The average Bonchev–Trinajstić information content (AvgIpc) is 3.37. The van der Waals surface area contributed by atoms with Gasteiger partial charge in [0.2, 0.25) is 0 Å². The first-order valence-electron chi connectivity index (χ1n) is 8.71. The fraction of sp³-hybridized carbons (Fsp3) is 0.158. The van der Waals surface area contributed by atoms with Crippen LogP contribution < -0.4 is 14.2 Å². The molecule has 2 heterocycles. The van der Waals surface area contributed by atoms with E-state index in [4.69, 9.17) is 14.0 Å². The van der Waals surface area contributed by atoms with E-state index in [2.05, 4.69) is 30.9 Å². The van der Waals surface area contributed by atoms with Crippen molar-refractivity contribution in [3.63, 3.8) is 0 Å². The van der Waals surface area contributed by atoms with Crippen LogP contribution in [0.15, 0.2) is 62.7 Å². The summed E-state index contributed by atoms with van der Waals surface area (Å²) in [6, 6.07) is 10.1. The molecule has 30 heavy (non-hydrogen) atoms. The molecule has 0 amide bonds. The maximum absolute atomic E-state index is 13.0. The Kier molecular flexibility index (Phi) is 5.39. The summed E-state index contributed by atoms with van der Waals surface area (Å²) >= 11 is 3.28. The number of sulfonamides is 1. The van der Waals surface area contributed by atoms with Crippen molar-refractivity contribution in [1.82, 2.24) is 14.9 Å². The summed E-state index contributed by atoms with van der Waals surface area (Å²) in [5.41, 5.74) is 1.25. The molecule has 11 heteroatoms. The Bertz CT molecular complexity index is 1300. The molecule has 0 fully saturated rings. The van der Waals surface area contributed by atoms with Crippen molar-refractivity contribution in [1.29, 1.82) is 0 Å². The monoisotopic (exact) mass is 492 g/mol. The molecule has 0 unspecified atom stereocenters. The lowest BCUT2D eigenvalue weighted by Gasteiger charge is -2.11. The van der Waals surface area contributed by atoms with Crippen LogP contribution in [0.25, 0.3) is 11.0 Å². The van der Waals surface area contributed by atoms with Crippen molar-refractivity contribution < 1.29 is 22.4 Å². The van der Waals surface area contributed by atoms with Crippen LogP contribution in [-0.2, 0) is 16.6 Å². The van der Waals surface area contributed by atoms with Gasteiger partial charge in [0, 0.05) is 16.9 Å². The van der Waals surface area contributed by atoms with Crippen molar-refractivity contribution in [3.8, 4) is 11.5 Å². The first kappa shape index (κ1) is 20.2. The largest absolute Gasteiger partial charge is 0.496 e. The number of anilines is 1. The predicted molar refractivity (Wildman–Crippen MR) is 113 cm³/mol. The van der Waals surface area contributed by atoms with E-state index >= 15 is 0 Å². The molecule has 0 aliphatic heterocycles. The van der Waals surface area contributed by atoms with E-state index in [1.807, 2.05) is 12.3 Å². The van der Waals surface area contributed by atoms with Crippen molar-refractivity contribution >= 4 is 42.7 Å². The van der Waals surface area contributed by atoms with Crippen LogP contribution >= 0.6 is 15.9 Å². The van der Waals surface area contributed by atoms with Gasteiger partial charge in [-0.1, -0.05) is 21.1 Å². The smallest absolute Gasteiger partial charge is 0.266 e. The molecule has 0 spiro atoms.